The third-order valence-electron chi connectivity index (χ3n) is 17.3. The fraction of sp³-hybridized carbons (Fsp3) is 0. The quantitative estimate of drug-likeness (QED) is 0.127. The molecule has 87 heavy (non-hydrogen) atoms. The number of rotatable bonds is 10. The standard InChI is InChI=1S/C79H49BN4OS2/c81-50-51-33-36-59(37-34-51)83(58-27-14-5-15-28-58)60-38-40-66-68(48-60)84(79-62(52-19-6-1-7-20-52)30-18-31-63(79)53-21-8-2-9-22-53)69-46-55(54-35-42-70-65(45-54)76-71(85-70)43-44-73-77(76)64-29-16-17-32-72(64)86-73)47-75-78(69)80(66)67-41-39-61(49-74(67)87-75)82(56-23-10-3-11-24-56)57-25-12-4-13-26-57/h1-49H. The van der Waals surface area contributed by atoms with Gasteiger partial charge in [-0.2, -0.15) is 5.26 Å². The molecule has 0 fully saturated rings. The van der Waals surface area contributed by atoms with Crippen LogP contribution in [-0.4, -0.2) is 6.71 Å². The van der Waals surface area contributed by atoms with Crippen molar-refractivity contribution in [2.75, 3.05) is 14.7 Å². The predicted molar refractivity (Wildman–Crippen MR) is 367 cm³/mol. The third-order valence-corrected chi connectivity index (χ3v) is 19.6. The molecule has 0 saturated carbocycles. The minimum Gasteiger partial charge on any atom is -0.456 e. The van der Waals surface area contributed by atoms with Crippen molar-refractivity contribution < 1.29 is 4.42 Å². The third kappa shape index (κ3) is 8.46. The summed E-state index contributed by atoms with van der Waals surface area (Å²) in [4.78, 5) is 9.69. The van der Waals surface area contributed by atoms with Crippen LogP contribution in [0.1, 0.15) is 5.56 Å². The second-order valence-corrected chi connectivity index (χ2v) is 24.4. The van der Waals surface area contributed by atoms with Crippen molar-refractivity contribution in [3.63, 3.8) is 0 Å². The molecule has 0 radical (unpaired) electrons. The summed E-state index contributed by atoms with van der Waals surface area (Å²) >= 11 is 3.71. The molecular formula is C79H49BN4OS2. The maximum absolute atomic E-state index is 10.0. The van der Waals surface area contributed by atoms with E-state index in [0.29, 0.717) is 5.56 Å². The van der Waals surface area contributed by atoms with Crippen LogP contribution in [0.4, 0.5) is 51.2 Å². The van der Waals surface area contributed by atoms with Gasteiger partial charge in [-0.15, -0.1) is 11.3 Å². The van der Waals surface area contributed by atoms with Crippen LogP contribution < -0.4 is 31.1 Å². The number of thiophene rings is 1. The molecule has 0 unspecified atom stereocenters. The van der Waals surface area contributed by atoms with Crippen LogP contribution >= 0.6 is 23.1 Å². The molecule has 0 amide bonds. The van der Waals surface area contributed by atoms with E-state index in [1.807, 2.05) is 35.2 Å². The van der Waals surface area contributed by atoms with Crippen molar-refractivity contribution >= 4 is 139 Å². The van der Waals surface area contributed by atoms with Gasteiger partial charge >= 0.3 is 0 Å². The van der Waals surface area contributed by atoms with Gasteiger partial charge in [0.25, 0.3) is 0 Å². The van der Waals surface area contributed by atoms with Crippen LogP contribution in [0, 0.1) is 11.3 Å². The van der Waals surface area contributed by atoms with Crippen molar-refractivity contribution in [2.24, 2.45) is 0 Å². The molecular weight excluding hydrogens is 1100 g/mol. The van der Waals surface area contributed by atoms with E-state index >= 15 is 0 Å². The van der Waals surface area contributed by atoms with E-state index in [9.17, 15) is 5.26 Å². The molecule has 2 aromatic heterocycles. The van der Waals surface area contributed by atoms with Crippen molar-refractivity contribution in [2.45, 2.75) is 9.79 Å². The van der Waals surface area contributed by atoms with Crippen molar-refractivity contribution in [1.82, 2.24) is 0 Å². The van der Waals surface area contributed by atoms with Crippen LogP contribution in [0.15, 0.2) is 311 Å². The van der Waals surface area contributed by atoms with Crippen LogP contribution in [0.3, 0.4) is 0 Å². The van der Waals surface area contributed by atoms with Gasteiger partial charge < -0.3 is 19.1 Å². The number of hydrogen-bond acceptors (Lipinski definition) is 7. The minimum absolute atomic E-state index is 0.152. The van der Waals surface area contributed by atoms with Gasteiger partial charge in [-0.3, -0.25) is 0 Å². The van der Waals surface area contributed by atoms with Gasteiger partial charge in [-0.1, -0.05) is 187 Å². The lowest BCUT2D eigenvalue weighted by atomic mass is 9.34. The molecule has 2 aliphatic heterocycles. The number of benzene rings is 13. The fourth-order valence-corrected chi connectivity index (χ4v) is 15.8. The van der Waals surface area contributed by atoms with Crippen molar-refractivity contribution in [3.05, 3.63) is 303 Å². The topological polar surface area (TPSA) is 46.7 Å². The Labute approximate surface area is 512 Å². The SMILES string of the molecule is N#Cc1ccc(N(c2ccccc2)c2ccc3c(c2)N(c2c(-c4ccccc4)cccc2-c2ccccc2)c2cc(-c4ccc5oc6ccc7sc8ccccc8c7c6c5c4)cc4c2B3c2ccc(N(c3ccccc3)c3ccccc3)cc2S4)cc1. The fourth-order valence-electron chi connectivity index (χ4n) is 13.5. The van der Waals surface area contributed by atoms with Crippen LogP contribution in [0.2, 0.25) is 0 Å². The van der Waals surface area contributed by atoms with Crippen molar-refractivity contribution in [3.8, 4) is 39.4 Å². The molecule has 0 bridgehead atoms. The molecule has 0 spiro atoms. The molecule has 2 aliphatic rings. The van der Waals surface area contributed by atoms with E-state index in [-0.39, 0.29) is 6.71 Å². The average molecular weight is 1150 g/mol. The van der Waals surface area contributed by atoms with Crippen LogP contribution in [0.25, 0.3) is 75.5 Å². The Morgan fingerprint density at radius 2 is 0.943 bits per heavy atom. The maximum Gasteiger partial charge on any atom is 0.249 e. The largest absolute Gasteiger partial charge is 0.456 e. The molecule has 5 nitrogen and oxygen atoms in total. The Morgan fingerprint density at radius 3 is 1.59 bits per heavy atom. The zero-order valence-electron chi connectivity index (χ0n) is 46.9. The molecule has 15 aromatic rings. The molecule has 406 valence electrons. The van der Waals surface area contributed by atoms with Gasteiger partial charge in [0.2, 0.25) is 6.71 Å². The molecule has 0 saturated heterocycles. The number of furan rings is 1. The smallest absolute Gasteiger partial charge is 0.249 e. The molecule has 0 N–H and O–H groups in total. The number of nitrogens with zero attached hydrogens (tertiary/aromatic N) is 4. The summed E-state index contributed by atoms with van der Waals surface area (Å²) in [5.41, 5.74) is 22.3. The summed E-state index contributed by atoms with van der Waals surface area (Å²) < 4.78 is 9.28. The van der Waals surface area contributed by atoms with E-state index < -0.39 is 0 Å². The van der Waals surface area contributed by atoms with Gasteiger partial charge in [0.05, 0.1) is 17.3 Å². The first kappa shape index (κ1) is 50.7. The van der Waals surface area contributed by atoms with Crippen LogP contribution in [-0.2, 0) is 0 Å². The first-order valence-electron chi connectivity index (χ1n) is 29.3. The highest BCUT2D eigenvalue weighted by Gasteiger charge is 2.43. The Morgan fingerprint density at radius 1 is 0.379 bits per heavy atom. The maximum atomic E-state index is 10.0. The van der Waals surface area contributed by atoms with E-state index in [2.05, 4.69) is 306 Å². The Kier molecular flexibility index (Phi) is 12.1. The summed E-state index contributed by atoms with van der Waals surface area (Å²) in [7, 11) is 0. The van der Waals surface area contributed by atoms with Crippen LogP contribution in [0.5, 0.6) is 0 Å². The lowest BCUT2D eigenvalue weighted by Crippen LogP contribution is -2.60. The molecule has 8 heteroatoms. The predicted octanol–water partition coefficient (Wildman–Crippen LogP) is 20.5. The lowest BCUT2D eigenvalue weighted by molar-refractivity contribution is 0.669. The first-order chi connectivity index (χ1) is 43.1. The molecule has 17 rings (SSSR count). The van der Waals surface area contributed by atoms with E-state index in [1.165, 1.54) is 46.4 Å². The summed E-state index contributed by atoms with van der Waals surface area (Å²) in [5.74, 6) is 0. The number of para-hydroxylation sites is 4. The zero-order valence-corrected chi connectivity index (χ0v) is 48.5. The molecule has 4 heterocycles. The minimum atomic E-state index is -0.152. The summed E-state index contributed by atoms with van der Waals surface area (Å²) in [6.07, 6.45) is 0. The molecule has 0 aliphatic carbocycles. The van der Waals surface area contributed by atoms with Crippen molar-refractivity contribution in [1.29, 1.82) is 5.26 Å². The lowest BCUT2D eigenvalue weighted by Gasteiger charge is -2.42. The van der Waals surface area contributed by atoms with Gasteiger partial charge in [0.1, 0.15) is 11.2 Å². The summed E-state index contributed by atoms with van der Waals surface area (Å²) in [6, 6.07) is 110. The zero-order chi connectivity index (χ0) is 57.5. The van der Waals surface area contributed by atoms with Gasteiger partial charge in [-0.05, 0) is 161 Å². The summed E-state index contributed by atoms with van der Waals surface area (Å²) in [5, 5.41) is 14.7. The second-order valence-electron chi connectivity index (χ2n) is 22.2. The normalized spacial score (nSPS) is 12.3. The monoisotopic (exact) mass is 1140 g/mol. The molecule has 0 atom stereocenters. The van der Waals surface area contributed by atoms with Gasteiger partial charge in [0, 0.05) is 97.4 Å². The van der Waals surface area contributed by atoms with Gasteiger partial charge in [0.15, 0.2) is 0 Å². The average Bonchev–Trinajstić information content (AvgIpc) is 1.04. The van der Waals surface area contributed by atoms with E-state index in [4.69, 9.17) is 4.42 Å². The highest BCUT2D eigenvalue weighted by Crippen LogP contribution is 2.52. The highest BCUT2D eigenvalue weighted by molar-refractivity contribution is 8.00. The Bertz CT molecular complexity index is 5120. The van der Waals surface area contributed by atoms with E-state index in [1.54, 1.807) is 0 Å². The first-order valence-corrected chi connectivity index (χ1v) is 30.9. The number of hydrogen-bond donors (Lipinski definition) is 0. The number of anilines is 9. The highest BCUT2D eigenvalue weighted by atomic mass is 32.2. The second kappa shape index (κ2) is 20.8. The van der Waals surface area contributed by atoms with E-state index in [0.717, 1.165) is 107 Å². The molecule has 13 aromatic carbocycles. The summed E-state index contributed by atoms with van der Waals surface area (Å²) in [6.45, 7) is -0.152. The number of nitriles is 1. The number of fused-ring (bicyclic) bond motifs is 11. The Hall–Kier alpha value is -10.8. The Balaban J connectivity index is 0.968. The van der Waals surface area contributed by atoms with Gasteiger partial charge in [-0.25, -0.2) is 0 Å².